The molecule has 0 aliphatic carbocycles. The van der Waals surface area contributed by atoms with Gasteiger partial charge >= 0.3 is 12.1 Å². The first-order valence-electron chi connectivity index (χ1n) is 4.81. The highest BCUT2D eigenvalue weighted by molar-refractivity contribution is 5.74. The lowest BCUT2D eigenvalue weighted by molar-refractivity contribution is -0.142. The van der Waals surface area contributed by atoms with Crippen LogP contribution < -0.4 is 0 Å². The van der Waals surface area contributed by atoms with Gasteiger partial charge in [-0.25, -0.2) is 4.79 Å². The van der Waals surface area contributed by atoms with Crippen molar-refractivity contribution in [1.82, 2.24) is 4.90 Å². The molecule has 15 heavy (non-hydrogen) atoms. The number of amides is 1. The number of ether oxygens (including phenoxy) is 1. The summed E-state index contributed by atoms with van der Waals surface area (Å²) in [6.07, 6.45) is 1.01. The van der Waals surface area contributed by atoms with E-state index in [4.69, 9.17) is 9.84 Å². The van der Waals surface area contributed by atoms with Crippen LogP contribution in [0, 0.1) is 11.8 Å². The molecule has 1 amide bonds. The number of carboxylic acids is 1. The molecule has 0 aromatic heterocycles. The van der Waals surface area contributed by atoms with E-state index >= 15 is 0 Å². The van der Waals surface area contributed by atoms with E-state index < -0.39 is 18.0 Å². The van der Waals surface area contributed by atoms with Gasteiger partial charge in [0.2, 0.25) is 0 Å². The summed E-state index contributed by atoms with van der Waals surface area (Å²) in [5, 5.41) is 8.86. The Kier molecular flexibility index (Phi) is 3.71. The summed E-state index contributed by atoms with van der Waals surface area (Å²) < 4.78 is 4.83. The molecule has 1 aliphatic rings. The third-order valence-corrected chi connectivity index (χ3v) is 2.51. The second kappa shape index (κ2) is 4.82. The van der Waals surface area contributed by atoms with E-state index in [-0.39, 0.29) is 19.1 Å². The lowest BCUT2D eigenvalue weighted by Crippen LogP contribution is -2.30. The van der Waals surface area contributed by atoms with Crippen molar-refractivity contribution in [1.29, 1.82) is 0 Å². The summed E-state index contributed by atoms with van der Waals surface area (Å²) in [4.78, 5) is 23.6. The van der Waals surface area contributed by atoms with E-state index in [2.05, 4.69) is 6.58 Å². The van der Waals surface area contributed by atoms with Crippen molar-refractivity contribution < 1.29 is 19.4 Å². The molecule has 0 bridgehead atoms. The number of carbonyl (C=O) groups is 2. The van der Waals surface area contributed by atoms with Crippen molar-refractivity contribution in [2.75, 3.05) is 19.7 Å². The number of aliphatic carboxylic acids is 1. The monoisotopic (exact) mass is 213 g/mol. The molecule has 0 unspecified atom stereocenters. The minimum Gasteiger partial charge on any atom is -0.481 e. The second-order valence-corrected chi connectivity index (χ2v) is 3.69. The third kappa shape index (κ3) is 2.71. The molecule has 5 heteroatoms. The predicted octanol–water partition coefficient (Wildman–Crippen LogP) is 0.962. The van der Waals surface area contributed by atoms with E-state index in [0.29, 0.717) is 6.54 Å². The van der Waals surface area contributed by atoms with Crippen LogP contribution >= 0.6 is 0 Å². The summed E-state index contributed by atoms with van der Waals surface area (Å²) in [6.45, 7) is 6.07. The summed E-state index contributed by atoms with van der Waals surface area (Å²) in [7, 11) is 0. The van der Waals surface area contributed by atoms with Crippen molar-refractivity contribution in [2.24, 2.45) is 11.8 Å². The molecule has 0 aromatic rings. The Morgan fingerprint density at radius 2 is 2.27 bits per heavy atom. The highest BCUT2D eigenvalue weighted by Gasteiger charge is 2.37. The Bertz CT molecular complexity index is 277. The van der Waals surface area contributed by atoms with Crippen LogP contribution in [-0.4, -0.2) is 41.8 Å². The molecular formula is C10H15NO4. The molecule has 1 saturated heterocycles. The maximum absolute atomic E-state index is 11.4. The minimum atomic E-state index is -0.860. The van der Waals surface area contributed by atoms with Crippen molar-refractivity contribution in [3.63, 3.8) is 0 Å². The number of carbonyl (C=O) groups excluding carboxylic acids is 1. The number of likely N-dealkylation sites (tertiary alicyclic amines) is 1. The van der Waals surface area contributed by atoms with Crippen LogP contribution in [0.25, 0.3) is 0 Å². The van der Waals surface area contributed by atoms with Gasteiger partial charge in [0.05, 0.1) is 5.92 Å². The number of hydrogen-bond acceptors (Lipinski definition) is 3. The molecule has 0 radical (unpaired) electrons. The number of carboxylic acid groups (broad SMARTS) is 1. The molecule has 2 atom stereocenters. The molecule has 5 nitrogen and oxygen atoms in total. The fourth-order valence-electron chi connectivity index (χ4n) is 1.66. The van der Waals surface area contributed by atoms with Crippen molar-refractivity contribution >= 4 is 12.1 Å². The van der Waals surface area contributed by atoms with Gasteiger partial charge in [0.25, 0.3) is 0 Å². The Labute approximate surface area is 88.3 Å². The van der Waals surface area contributed by atoms with Crippen molar-refractivity contribution in [3.8, 4) is 0 Å². The largest absolute Gasteiger partial charge is 0.481 e. The van der Waals surface area contributed by atoms with Gasteiger partial charge in [-0.1, -0.05) is 19.6 Å². The van der Waals surface area contributed by atoms with Gasteiger partial charge in [0, 0.05) is 13.1 Å². The van der Waals surface area contributed by atoms with E-state index in [1.54, 1.807) is 0 Å². The van der Waals surface area contributed by atoms with Crippen LogP contribution in [0.3, 0.4) is 0 Å². The summed E-state index contributed by atoms with van der Waals surface area (Å²) in [6, 6.07) is 0. The van der Waals surface area contributed by atoms with Crippen LogP contribution in [0.4, 0.5) is 4.79 Å². The summed E-state index contributed by atoms with van der Waals surface area (Å²) in [5.74, 6) is -1.37. The van der Waals surface area contributed by atoms with Crippen LogP contribution in [0.2, 0.25) is 0 Å². The topological polar surface area (TPSA) is 66.8 Å². The van der Waals surface area contributed by atoms with Gasteiger partial charge < -0.3 is 14.7 Å². The lowest BCUT2D eigenvalue weighted by Gasteiger charge is -2.14. The zero-order valence-corrected chi connectivity index (χ0v) is 8.68. The van der Waals surface area contributed by atoms with Crippen molar-refractivity contribution in [3.05, 3.63) is 12.7 Å². The van der Waals surface area contributed by atoms with Gasteiger partial charge in [-0.3, -0.25) is 4.79 Å². The predicted molar refractivity (Wildman–Crippen MR) is 53.4 cm³/mol. The molecule has 0 saturated carbocycles. The molecule has 84 valence electrons. The fourth-order valence-corrected chi connectivity index (χ4v) is 1.66. The van der Waals surface area contributed by atoms with E-state index in [0.717, 1.165) is 0 Å². The van der Waals surface area contributed by atoms with E-state index in [9.17, 15) is 9.59 Å². The number of nitrogens with zero attached hydrogens (tertiary/aromatic N) is 1. The Morgan fingerprint density at radius 3 is 2.73 bits per heavy atom. The first-order valence-corrected chi connectivity index (χ1v) is 4.81. The zero-order chi connectivity index (χ0) is 11.4. The Hall–Kier alpha value is -1.52. The van der Waals surface area contributed by atoms with Gasteiger partial charge in [0.15, 0.2) is 0 Å². The zero-order valence-electron chi connectivity index (χ0n) is 8.68. The molecule has 1 fully saturated rings. The maximum Gasteiger partial charge on any atom is 0.410 e. The normalized spacial score (nSPS) is 25.0. The van der Waals surface area contributed by atoms with Crippen molar-refractivity contribution in [2.45, 2.75) is 6.92 Å². The smallest absolute Gasteiger partial charge is 0.410 e. The van der Waals surface area contributed by atoms with Gasteiger partial charge in [-0.2, -0.15) is 0 Å². The van der Waals surface area contributed by atoms with Crippen LogP contribution in [0.5, 0.6) is 0 Å². The second-order valence-electron chi connectivity index (χ2n) is 3.69. The Morgan fingerprint density at radius 1 is 1.60 bits per heavy atom. The van der Waals surface area contributed by atoms with E-state index in [1.807, 2.05) is 6.92 Å². The SMILES string of the molecule is C=CCOC(=O)N1C[C@H](C(=O)O)[C@@H](C)C1. The summed E-state index contributed by atoms with van der Waals surface area (Å²) in [5.41, 5.74) is 0. The number of hydrogen-bond donors (Lipinski definition) is 1. The number of rotatable bonds is 3. The average Bonchev–Trinajstić information content (AvgIpc) is 2.56. The molecule has 1 rings (SSSR count). The third-order valence-electron chi connectivity index (χ3n) is 2.51. The first kappa shape index (κ1) is 11.6. The van der Waals surface area contributed by atoms with Crippen LogP contribution in [0.1, 0.15) is 6.92 Å². The van der Waals surface area contributed by atoms with Gasteiger partial charge in [0.1, 0.15) is 6.61 Å². The summed E-state index contributed by atoms with van der Waals surface area (Å²) >= 11 is 0. The maximum atomic E-state index is 11.4. The highest BCUT2D eigenvalue weighted by atomic mass is 16.6. The molecule has 1 N–H and O–H groups in total. The molecular weight excluding hydrogens is 198 g/mol. The molecule has 1 heterocycles. The van der Waals surface area contributed by atoms with Crippen LogP contribution in [0.15, 0.2) is 12.7 Å². The minimum absolute atomic E-state index is 0.0289. The van der Waals surface area contributed by atoms with Gasteiger partial charge in [-0.15, -0.1) is 0 Å². The fraction of sp³-hybridized carbons (Fsp3) is 0.600. The van der Waals surface area contributed by atoms with Crippen LogP contribution in [-0.2, 0) is 9.53 Å². The Balaban J connectivity index is 2.50. The lowest BCUT2D eigenvalue weighted by atomic mass is 9.99. The standard InChI is InChI=1S/C10H15NO4/c1-3-4-15-10(14)11-5-7(2)8(6-11)9(12)13/h3,7-8H,1,4-6H2,2H3,(H,12,13)/t7-,8-/m0/s1. The molecule has 0 aromatic carbocycles. The molecule has 1 aliphatic heterocycles. The average molecular weight is 213 g/mol. The first-order chi connectivity index (χ1) is 7.06. The quantitative estimate of drug-likeness (QED) is 0.709. The van der Waals surface area contributed by atoms with E-state index in [1.165, 1.54) is 11.0 Å². The molecule has 0 spiro atoms. The highest BCUT2D eigenvalue weighted by Crippen LogP contribution is 2.23. The van der Waals surface area contributed by atoms with Gasteiger partial charge in [-0.05, 0) is 5.92 Å².